The maximum absolute atomic E-state index is 12.2. The molecule has 0 bridgehead atoms. The van der Waals surface area contributed by atoms with E-state index in [1.54, 1.807) is 18.0 Å². The number of aliphatic hydroxyl groups excluding tert-OH is 1. The van der Waals surface area contributed by atoms with Gasteiger partial charge < -0.3 is 20.1 Å². The Labute approximate surface area is 199 Å². The van der Waals surface area contributed by atoms with E-state index in [9.17, 15) is 14.7 Å². The van der Waals surface area contributed by atoms with Crippen LogP contribution in [-0.2, 0) is 4.79 Å². The van der Waals surface area contributed by atoms with E-state index in [1.165, 1.54) is 28.5 Å². The molecule has 3 rings (SSSR count). The number of rotatable bonds is 14. The van der Waals surface area contributed by atoms with Crippen molar-refractivity contribution in [2.45, 2.75) is 60.2 Å². The summed E-state index contributed by atoms with van der Waals surface area (Å²) in [5.74, 6) is 0.754. The summed E-state index contributed by atoms with van der Waals surface area (Å²) in [5.41, 5.74) is 0.0563. The second kappa shape index (κ2) is 13.0. The molecule has 8 nitrogen and oxygen atoms in total. The van der Waals surface area contributed by atoms with Gasteiger partial charge in [0.25, 0.3) is 0 Å². The summed E-state index contributed by atoms with van der Waals surface area (Å²) >= 11 is 4.47. The van der Waals surface area contributed by atoms with E-state index in [-0.39, 0.29) is 17.6 Å². The number of carboxylic acid groups (broad SMARTS) is 1. The lowest BCUT2D eigenvalue weighted by atomic mass is 10.1. The molecule has 0 spiro atoms. The number of aliphatic hydroxyl groups is 1. The van der Waals surface area contributed by atoms with Crippen molar-refractivity contribution in [3.05, 3.63) is 35.6 Å². The molecule has 2 aromatic rings. The minimum absolute atomic E-state index is 0.00770. The Bertz CT molecular complexity index is 888. The number of hydrogen-bond acceptors (Lipinski definition) is 8. The molecule has 2 atom stereocenters. The summed E-state index contributed by atoms with van der Waals surface area (Å²) in [4.78, 5) is 36.3. The number of carboxylic acids is 1. The Morgan fingerprint density at radius 2 is 2.22 bits per heavy atom. The third-order valence-electron chi connectivity index (χ3n) is 5.05. The Hall–Kier alpha value is -1.82. The van der Waals surface area contributed by atoms with Gasteiger partial charge in [-0.15, -0.1) is 11.3 Å². The van der Waals surface area contributed by atoms with E-state index < -0.39 is 12.1 Å². The molecular formula is C21H28N4O4S3. The van der Waals surface area contributed by atoms with Crippen molar-refractivity contribution < 1.29 is 19.8 Å². The number of thioether (sulfide) groups is 2. The molecule has 1 fully saturated rings. The zero-order valence-corrected chi connectivity index (χ0v) is 20.1. The van der Waals surface area contributed by atoms with Gasteiger partial charge in [-0.25, -0.2) is 14.8 Å². The molecule has 0 aliphatic carbocycles. The number of aromatic carboxylic acids is 1. The third kappa shape index (κ3) is 7.95. The average molecular weight is 497 g/mol. The second-order valence-electron chi connectivity index (χ2n) is 7.39. The first-order valence-electron chi connectivity index (χ1n) is 10.6. The molecule has 1 aliphatic heterocycles. The number of aromatic amines is 1. The predicted octanol–water partition coefficient (Wildman–Crippen LogP) is 3.92. The lowest BCUT2D eigenvalue weighted by Crippen LogP contribution is -2.33. The predicted molar refractivity (Wildman–Crippen MR) is 127 cm³/mol. The molecule has 0 aromatic carbocycles. The Morgan fingerprint density at radius 1 is 1.34 bits per heavy atom. The smallest absolute Gasteiger partial charge is 0.355 e. The summed E-state index contributed by atoms with van der Waals surface area (Å²) in [5, 5.41) is 21.7. The van der Waals surface area contributed by atoms with Crippen LogP contribution in [0.1, 0.15) is 49.0 Å². The van der Waals surface area contributed by atoms with Crippen molar-refractivity contribution in [3.63, 3.8) is 0 Å². The number of hydrogen-bond donors (Lipinski definition) is 3. The topological polar surface area (TPSA) is 119 Å². The van der Waals surface area contributed by atoms with Crippen LogP contribution in [0.3, 0.4) is 0 Å². The highest BCUT2D eigenvalue weighted by Crippen LogP contribution is 2.25. The quantitative estimate of drug-likeness (QED) is 0.205. The fourth-order valence-corrected chi connectivity index (χ4v) is 6.02. The highest BCUT2D eigenvalue weighted by Gasteiger charge is 2.28. The van der Waals surface area contributed by atoms with Crippen LogP contribution in [0.4, 0.5) is 0 Å². The van der Waals surface area contributed by atoms with Gasteiger partial charge in [-0.1, -0.05) is 48.5 Å². The van der Waals surface area contributed by atoms with E-state index in [1.807, 2.05) is 23.2 Å². The molecule has 0 radical (unpaired) electrons. The Kier molecular flexibility index (Phi) is 10.1. The first-order valence-corrected chi connectivity index (χ1v) is 13.5. The first kappa shape index (κ1) is 24.8. The van der Waals surface area contributed by atoms with Crippen LogP contribution in [0.2, 0.25) is 0 Å². The fraction of sp³-hybridized carbons (Fsp3) is 0.524. The molecule has 3 N–H and O–H groups in total. The molecule has 0 unspecified atom stereocenters. The van der Waals surface area contributed by atoms with Crippen molar-refractivity contribution in [3.8, 4) is 0 Å². The summed E-state index contributed by atoms with van der Waals surface area (Å²) in [6, 6.07) is 0.00770. The standard InChI is InChI=1S/C21H28N4O4S3/c26-16(4-2-1-3-12-30-20-22-9-10-23-20)7-5-15-6-8-18(27)25(15)11-13-31-21-24-17(14-32-21)19(28)29/h5,7,9-10,14-16,26H,1-4,6,8,11-13H2,(H,22,23)(H,28,29)/b7-5+/t15-,16-/m0/s1. The number of nitrogens with one attached hydrogen (secondary N) is 1. The minimum Gasteiger partial charge on any atom is -0.476 e. The summed E-state index contributed by atoms with van der Waals surface area (Å²) in [6.07, 6.45) is 11.9. The monoisotopic (exact) mass is 496 g/mol. The van der Waals surface area contributed by atoms with Gasteiger partial charge in [0, 0.05) is 42.2 Å². The van der Waals surface area contributed by atoms with Crippen molar-refractivity contribution in [2.24, 2.45) is 0 Å². The molecule has 174 valence electrons. The zero-order chi connectivity index (χ0) is 22.8. The first-order chi connectivity index (χ1) is 15.5. The minimum atomic E-state index is -1.03. The van der Waals surface area contributed by atoms with Gasteiger partial charge in [0.05, 0.1) is 12.1 Å². The highest BCUT2D eigenvalue weighted by atomic mass is 32.2. The Balaban J connectivity index is 1.32. The lowest BCUT2D eigenvalue weighted by Gasteiger charge is -2.22. The summed E-state index contributed by atoms with van der Waals surface area (Å²) in [7, 11) is 0. The number of aromatic nitrogens is 3. The molecule has 32 heavy (non-hydrogen) atoms. The van der Waals surface area contributed by atoms with E-state index in [4.69, 9.17) is 5.11 Å². The van der Waals surface area contributed by atoms with E-state index >= 15 is 0 Å². The molecular weight excluding hydrogens is 468 g/mol. The normalized spacial score (nSPS) is 17.5. The molecule has 1 amide bonds. The number of carbonyl (C=O) groups is 2. The maximum atomic E-state index is 12.2. The number of carbonyl (C=O) groups excluding carboxylic acids is 1. The Morgan fingerprint density at radius 3 is 2.97 bits per heavy atom. The van der Waals surface area contributed by atoms with Crippen molar-refractivity contribution in [1.29, 1.82) is 0 Å². The van der Waals surface area contributed by atoms with Crippen LogP contribution in [0.25, 0.3) is 0 Å². The van der Waals surface area contributed by atoms with Gasteiger partial charge in [0.2, 0.25) is 5.91 Å². The van der Waals surface area contributed by atoms with Crippen molar-refractivity contribution >= 4 is 46.7 Å². The number of thiazole rings is 1. The maximum Gasteiger partial charge on any atom is 0.355 e. The van der Waals surface area contributed by atoms with Gasteiger partial charge in [-0.3, -0.25) is 4.79 Å². The molecule has 11 heteroatoms. The molecule has 3 heterocycles. The third-order valence-corrected chi connectivity index (χ3v) is 8.04. The van der Waals surface area contributed by atoms with Gasteiger partial charge >= 0.3 is 5.97 Å². The lowest BCUT2D eigenvalue weighted by molar-refractivity contribution is -0.128. The number of amides is 1. The van der Waals surface area contributed by atoms with Crippen LogP contribution < -0.4 is 0 Å². The van der Waals surface area contributed by atoms with Crippen LogP contribution in [0.15, 0.2) is 39.4 Å². The molecule has 0 saturated carbocycles. The fourth-order valence-electron chi connectivity index (χ4n) is 3.38. The number of likely N-dealkylation sites (tertiary alicyclic amines) is 1. The highest BCUT2D eigenvalue weighted by molar-refractivity contribution is 8.01. The summed E-state index contributed by atoms with van der Waals surface area (Å²) in [6.45, 7) is 0.573. The van der Waals surface area contributed by atoms with Crippen LogP contribution >= 0.6 is 34.9 Å². The second-order valence-corrected chi connectivity index (χ2v) is 10.7. The van der Waals surface area contributed by atoms with Crippen molar-refractivity contribution in [2.75, 3.05) is 18.1 Å². The van der Waals surface area contributed by atoms with E-state index in [0.717, 1.165) is 36.6 Å². The number of nitrogens with zero attached hydrogens (tertiary/aromatic N) is 3. The van der Waals surface area contributed by atoms with Crippen LogP contribution in [0.5, 0.6) is 0 Å². The van der Waals surface area contributed by atoms with E-state index in [2.05, 4.69) is 15.0 Å². The number of unbranched alkanes of at least 4 members (excludes halogenated alkanes) is 2. The van der Waals surface area contributed by atoms with Gasteiger partial charge in [0.15, 0.2) is 15.2 Å². The van der Waals surface area contributed by atoms with Crippen LogP contribution in [0, 0.1) is 0 Å². The number of H-pyrrole nitrogens is 1. The zero-order valence-electron chi connectivity index (χ0n) is 17.7. The van der Waals surface area contributed by atoms with E-state index in [0.29, 0.717) is 29.5 Å². The molecule has 1 saturated heterocycles. The van der Waals surface area contributed by atoms with Gasteiger partial charge in [-0.2, -0.15) is 0 Å². The average Bonchev–Trinajstić information content (AvgIpc) is 3.52. The van der Waals surface area contributed by atoms with Gasteiger partial charge in [0.1, 0.15) is 0 Å². The SMILES string of the molecule is O=C(O)c1csc(SCCN2C(=O)CC[C@@H]2/C=C/[C@@H](O)CCCCCSc2ncc[nH]2)n1. The largest absolute Gasteiger partial charge is 0.476 e. The van der Waals surface area contributed by atoms with Crippen LogP contribution in [-0.4, -0.2) is 72.1 Å². The van der Waals surface area contributed by atoms with Crippen molar-refractivity contribution in [1.82, 2.24) is 19.9 Å². The molecule has 1 aliphatic rings. The van der Waals surface area contributed by atoms with Gasteiger partial charge in [-0.05, 0) is 19.3 Å². The number of imidazole rings is 1. The molecule has 2 aromatic heterocycles. The summed E-state index contributed by atoms with van der Waals surface area (Å²) < 4.78 is 0.694.